The van der Waals surface area contributed by atoms with Gasteiger partial charge in [-0.2, -0.15) is 11.8 Å². The number of likely N-dealkylation sites (tertiary alicyclic amines) is 2. The Morgan fingerprint density at radius 1 is 1.03 bits per heavy atom. The van der Waals surface area contributed by atoms with E-state index in [1.54, 1.807) is 0 Å². The SMILES string of the molecule is CSCC(=O)N1CC2CN(CC(=O)N3C[C@@H](C)O[C@@H](C)C3)CC2(CCC(=O)O)C1. The second kappa shape index (κ2) is 9.22. The Balaban J connectivity index is 1.63. The first kappa shape index (κ1) is 22.4. The second-order valence-electron chi connectivity index (χ2n) is 8.89. The predicted molar refractivity (Wildman–Crippen MR) is 111 cm³/mol. The van der Waals surface area contributed by atoms with Gasteiger partial charge in [-0.3, -0.25) is 19.3 Å². The Bertz CT molecular complexity index is 638. The molecule has 0 bridgehead atoms. The zero-order valence-electron chi connectivity index (χ0n) is 17.6. The summed E-state index contributed by atoms with van der Waals surface area (Å²) in [6.45, 7) is 8.22. The van der Waals surface area contributed by atoms with E-state index in [-0.39, 0.29) is 41.8 Å². The first-order chi connectivity index (χ1) is 13.7. The minimum Gasteiger partial charge on any atom is -0.481 e. The van der Waals surface area contributed by atoms with Gasteiger partial charge < -0.3 is 19.6 Å². The van der Waals surface area contributed by atoms with Crippen molar-refractivity contribution < 1.29 is 24.2 Å². The number of carboxylic acid groups (broad SMARTS) is 1. The number of rotatable bonds is 7. The number of nitrogens with zero attached hydrogens (tertiary/aromatic N) is 3. The van der Waals surface area contributed by atoms with Crippen molar-refractivity contribution in [1.29, 1.82) is 0 Å². The highest BCUT2D eigenvalue weighted by Crippen LogP contribution is 2.46. The fourth-order valence-corrected chi connectivity index (χ4v) is 5.63. The molecule has 9 heteroatoms. The molecule has 3 saturated heterocycles. The third kappa shape index (κ3) is 5.24. The van der Waals surface area contributed by atoms with Crippen molar-refractivity contribution in [3.63, 3.8) is 0 Å². The number of carboxylic acids is 1. The molecule has 3 heterocycles. The van der Waals surface area contributed by atoms with Crippen molar-refractivity contribution in [2.75, 3.05) is 57.8 Å². The summed E-state index contributed by atoms with van der Waals surface area (Å²) < 4.78 is 5.72. The zero-order chi connectivity index (χ0) is 21.2. The van der Waals surface area contributed by atoms with Gasteiger partial charge in [0.25, 0.3) is 0 Å². The minimum atomic E-state index is -0.808. The van der Waals surface area contributed by atoms with Gasteiger partial charge in [-0.15, -0.1) is 0 Å². The molecule has 0 aromatic carbocycles. The molecule has 3 rings (SSSR count). The molecule has 3 aliphatic rings. The van der Waals surface area contributed by atoms with Crippen molar-refractivity contribution in [2.45, 2.75) is 38.9 Å². The summed E-state index contributed by atoms with van der Waals surface area (Å²) in [6.07, 6.45) is 2.64. The van der Waals surface area contributed by atoms with Crippen LogP contribution in [-0.4, -0.2) is 108 Å². The van der Waals surface area contributed by atoms with Crippen LogP contribution in [0.2, 0.25) is 0 Å². The number of hydrogen-bond donors (Lipinski definition) is 1. The molecule has 0 radical (unpaired) electrons. The van der Waals surface area contributed by atoms with E-state index in [1.807, 2.05) is 29.9 Å². The number of carbonyl (C=O) groups is 3. The lowest BCUT2D eigenvalue weighted by Gasteiger charge is -2.36. The first-order valence-corrected chi connectivity index (χ1v) is 11.8. The van der Waals surface area contributed by atoms with Crippen molar-refractivity contribution in [2.24, 2.45) is 11.3 Å². The van der Waals surface area contributed by atoms with Crippen molar-refractivity contribution in [1.82, 2.24) is 14.7 Å². The van der Waals surface area contributed by atoms with E-state index in [9.17, 15) is 19.5 Å². The molecular formula is C20H33N3O5S. The Hall–Kier alpha value is -1.32. The molecule has 8 nitrogen and oxygen atoms in total. The van der Waals surface area contributed by atoms with Gasteiger partial charge >= 0.3 is 5.97 Å². The van der Waals surface area contributed by atoms with Gasteiger partial charge in [0, 0.05) is 51.1 Å². The smallest absolute Gasteiger partial charge is 0.303 e. The number of thioether (sulfide) groups is 1. The fourth-order valence-electron chi connectivity index (χ4n) is 5.20. The normalized spacial score (nSPS) is 32.4. The summed E-state index contributed by atoms with van der Waals surface area (Å²) in [7, 11) is 0. The molecule has 2 unspecified atom stereocenters. The zero-order valence-corrected chi connectivity index (χ0v) is 18.4. The molecule has 29 heavy (non-hydrogen) atoms. The van der Waals surface area contributed by atoms with Gasteiger partial charge in [-0.1, -0.05) is 0 Å². The van der Waals surface area contributed by atoms with Crippen molar-refractivity contribution >= 4 is 29.5 Å². The van der Waals surface area contributed by atoms with Gasteiger partial charge in [0.2, 0.25) is 11.8 Å². The molecule has 3 fully saturated rings. The van der Waals surface area contributed by atoms with E-state index in [2.05, 4.69) is 4.90 Å². The minimum absolute atomic E-state index is 0.0403. The van der Waals surface area contributed by atoms with Crippen LogP contribution in [0, 0.1) is 11.3 Å². The largest absolute Gasteiger partial charge is 0.481 e. The van der Waals surface area contributed by atoms with Crippen molar-refractivity contribution in [3.05, 3.63) is 0 Å². The molecule has 2 amide bonds. The number of ether oxygens (including phenoxy) is 1. The lowest BCUT2D eigenvalue weighted by Crippen LogP contribution is -2.51. The van der Waals surface area contributed by atoms with Crippen LogP contribution in [0.1, 0.15) is 26.7 Å². The quantitative estimate of drug-likeness (QED) is 0.637. The van der Waals surface area contributed by atoms with Crippen LogP contribution in [-0.2, 0) is 19.1 Å². The highest BCUT2D eigenvalue weighted by molar-refractivity contribution is 7.99. The highest BCUT2D eigenvalue weighted by atomic mass is 32.2. The second-order valence-corrected chi connectivity index (χ2v) is 9.75. The third-order valence-corrected chi connectivity index (χ3v) is 6.95. The monoisotopic (exact) mass is 427 g/mol. The van der Waals surface area contributed by atoms with Crippen LogP contribution in [0.4, 0.5) is 0 Å². The van der Waals surface area contributed by atoms with Gasteiger partial charge in [-0.05, 0) is 32.4 Å². The summed E-state index contributed by atoms with van der Waals surface area (Å²) in [5.41, 5.74) is -0.224. The van der Waals surface area contributed by atoms with Crippen LogP contribution in [0.25, 0.3) is 0 Å². The van der Waals surface area contributed by atoms with Gasteiger partial charge in [0.15, 0.2) is 0 Å². The van der Waals surface area contributed by atoms with Crippen LogP contribution in [0.15, 0.2) is 0 Å². The van der Waals surface area contributed by atoms with Gasteiger partial charge in [0.05, 0.1) is 24.5 Å². The maximum atomic E-state index is 12.9. The van der Waals surface area contributed by atoms with E-state index in [0.29, 0.717) is 51.4 Å². The number of carbonyl (C=O) groups excluding carboxylic acids is 2. The van der Waals surface area contributed by atoms with E-state index < -0.39 is 5.97 Å². The van der Waals surface area contributed by atoms with E-state index in [4.69, 9.17) is 4.74 Å². The number of hydrogen-bond acceptors (Lipinski definition) is 6. The number of morpholine rings is 1. The van der Waals surface area contributed by atoms with Crippen LogP contribution in [0.5, 0.6) is 0 Å². The molecule has 1 N–H and O–H groups in total. The first-order valence-electron chi connectivity index (χ1n) is 10.4. The predicted octanol–water partition coefficient (Wildman–Crippen LogP) is 0.610. The lowest BCUT2D eigenvalue weighted by atomic mass is 9.77. The molecule has 0 saturated carbocycles. The summed E-state index contributed by atoms with van der Waals surface area (Å²) in [5, 5.41) is 9.21. The van der Waals surface area contributed by atoms with Crippen LogP contribution in [0.3, 0.4) is 0 Å². The number of aliphatic carboxylic acids is 1. The van der Waals surface area contributed by atoms with Crippen LogP contribution < -0.4 is 0 Å². The highest BCUT2D eigenvalue weighted by Gasteiger charge is 2.53. The van der Waals surface area contributed by atoms with Crippen molar-refractivity contribution in [3.8, 4) is 0 Å². The summed E-state index contributed by atoms with van der Waals surface area (Å²) >= 11 is 1.51. The van der Waals surface area contributed by atoms with E-state index in [0.717, 1.165) is 6.54 Å². The molecule has 0 spiro atoms. The standard InChI is InChI=1S/C20H33N3O5S/c1-14-6-22(7-15(2)28-14)17(24)10-21-8-16-9-23(18(25)11-29-3)13-20(16,12-21)5-4-19(26)27/h14-16H,4-13H2,1-3H3,(H,26,27)/t14-,15+,16?,20?. The van der Waals surface area contributed by atoms with E-state index in [1.165, 1.54) is 11.8 Å². The molecule has 0 aromatic rings. The van der Waals surface area contributed by atoms with Gasteiger partial charge in [0.1, 0.15) is 0 Å². The molecule has 3 aliphatic heterocycles. The molecule has 164 valence electrons. The summed E-state index contributed by atoms with van der Waals surface area (Å²) in [4.78, 5) is 42.4. The topological polar surface area (TPSA) is 90.4 Å². The van der Waals surface area contributed by atoms with Crippen LogP contribution >= 0.6 is 11.8 Å². The average Bonchev–Trinajstić information content (AvgIpc) is 3.13. The van der Waals surface area contributed by atoms with E-state index >= 15 is 0 Å². The molecule has 0 aromatic heterocycles. The molecule has 0 aliphatic carbocycles. The third-order valence-electron chi connectivity index (χ3n) is 6.42. The molecular weight excluding hydrogens is 394 g/mol. The Morgan fingerprint density at radius 2 is 1.72 bits per heavy atom. The number of amides is 2. The maximum absolute atomic E-state index is 12.9. The fraction of sp³-hybridized carbons (Fsp3) is 0.850. The lowest BCUT2D eigenvalue weighted by molar-refractivity contribution is -0.144. The number of fused-ring (bicyclic) bond motifs is 1. The Morgan fingerprint density at radius 3 is 2.34 bits per heavy atom. The maximum Gasteiger partial charge on any atom is 0.303 e. The summed E-state index contributed by atoms with van der Waals surface area (Å²) in [5.74, 6) is 0.106. The molecule has 4 atom stereocenters. The average molecular weight is 428 g/mol. The van der Waals surface area contributed by atoms with Gasteiger partial charge in [-0.25, -0.2) is 0 Å². The Kier molecular flexibility index (Phi) is 7.11. The summed E-state index contributed by atoms with van der Waals surface area (Å²) in [6, 6.07) is 0. The Labute approximate surface area is 176 Å².